The topological polar surface area (TPSA) is 228 Å². The lowest BCUT2D eigenvalue weighted by atomic mass is 10.1. The molecule has 0 aliphatic heterocycles. The standard InChI is InChI=1S/C15H27N5O7/c16-6-2-1-3-8(17)13(24)20-10(7-11(18)21)14(25)19-9(15(26)27)4-5-12(22)23/h8-10H,1-7,16-17H2,(H2,18,21)(H,19,25)(H,20,24)(H,22,23)(H,26,27)/t8-,9-,10-/m0/s1. The zero-order chi connectivity index (χ0) is 21.0. The van der Waals surface area contributed by atoms with E-state index in [-0.39, 0.29) is 6.42 Å². The number of carbonyl (C=O) groups is 5. The highest BCUT2D eigenvalue weighted by atomic mass is 16.4. The Labute approximate surface area is 155 Å². The van der Waals surface area contributed by atoms with E-state index in [0.29, 0.717) is 25.8 Å². The summed E-state index contributed by atoms with van der Waals surface area (Å²) in [7, 11) is 0. The smallest absolute Gasteiger partial charge is 0.326 e. The van der Waals surface area contributed by atoms with Gasteiger partial charge in [0, 0.05) is 6.42 Å². The Morgan fingerprint density at radius 3 is 1.96 bits per heavy atom. The van der Waals surface area contributed by atoms with Gasteiger partial charge in [0.1, 0.15) is 12.1 Å². The Bertz CT molecular complexity index is 555. The molecule has 0 aromatic heterocycles. The van der Waals surface area contributed by atoms with Crippen molar-refractivity contribution in [3.05, 3.63) is 0 Å². The third-order valence-corrected chi connectivity index (χ3v) is 3.61. The molecule has 0 saturated carbocycles. The Hall–Kier alpha value is -2.73. The second-order valence-electron chi connectivity index (χ2n) is 5.95. The molecule has 0 aromatic rings. The minimum atomic E-state index is -1.50. The first-order valence-electron chi connectivity index (χ1n) is 8.37. The summed E-state index contributed by atoms with van der Waals surface area (Å²) in [5.74, 6) is -5.27. The van der Waals surface area contributed by atoms with Gasteiger partial charge in [0.25, 0.3) is 0 Å². The van der Waals surface area contributed by atoms with Crippen molar-refractivity contribution >= 4 is 29.7 Å². The molecule has 0 saturated heterocycles. The Morgan fingerprint density at radius 1 is 0.889 bits per heavy atom. The summed E-state index contributed by atoms with van der Waals surface area (Å²) >= 11 is 0. The van der Waals surface area contributed by atoms with Gasteiger partial charge in [0.2, 0.25) is 17.7 Å². The largest absolute Gasteiger partial charge is 0.481 e. The van der Waals surface area contributed by atoms with Crippen LogP contribution in [0, 0.1) is 0 Å². The molecule has 0 rings (SSSR count). The number of primary amides is 1. The van der Waals surface area contributed by atoms with E-state index in [9.17, 15) is 24.0 Å². The number of aliphatic carboxylic acids is 2. The number of hydrogen-bond acceptors (Lipinski definition) is 7. The Morgan fingerprint density at radius 2 is 1.48 bits per heavy atom. The van der Waals surface area contributed by atoms with Crippen molar-refractivity contribution in [2.45, 2.75) is 56.7 Å². The fraction of sp³-hybridized carbons (Fsp3) is 0.667. The maximum absolute atomic E-state index is 12.3. The molecule has 12 nitrogen and oxygen atoms in total. The summed E-state index contributed by atoms with van der Waals surface area (Å²) in [5, 5.41) is 22.1. The summed E-state index contributed by atoms with van der Waals surface area (Å²) in [6, 6.07) is -3.87. The first-order valence-corrected chi connectivity index (χ1v) is 8.37. The molecule has 3 amide bonds. The second kappa shape index (κ2) is 12.6. The first-order chi connectivity index (χ1) is 12.6. The van der Waals surface area contributed by atoms with E-state index in [2.05, 4.69) is 10.6 Å². The van der Waals surface area contributed by atoms with E-state index < -0.39 is 60.6 Å². The molecule has 0 aliphatic carbocycles. The molecule has 0 bridgehead atoms. The number of unbranched alkanes of at least 4 members (excludes halogenated alkanes) is 1. The van der Waals surface area contributed by atoms with Crippen LogP contribution in [0.15, 0.2) is 0 Å². The van der Waals surface area contributed by atoms with Crippen LogP contribution in [0.25, 0.3) is 0 Å². The Balaban J connectivity index is 4.96. The molecule has 0 heterocycles. The van der Waals surface area contributed by atoms with E-state index >= 15 is 0 Å². The van der Waals surface area contributed by atoms with Crippen molar-refractivity contribution in [3.63, 3.8) is 0 Å². The number of amides is 3. The van der Waals surface area contributed by atoms with Crippen LogP contribution in [-0.2, 0) is 24.0 Å². The molecule has 0 spiro atoms. The SMILES string of the molecule is NCCCC[C@H](N)C(=O)N[C@@H](CC(N)=O)C(=O)N[C@@H](CCC(=O)O)C(=O)O. The quantitative estimate of drug-likeness (QED) is 0.152. The number of nitrogens with one attached hydrogen (secondary N) is 2. The minimum absolute atomic E-state index is 0.310. The molecular formula is C15H27N5O7. The average Bonchev–Trinajstić information content (AvgIpc) is 2.56. The predicted octanol–water partition coefficient (Wildman–Crippen LogP) is -2.76. The van der Waals surface area contributed by atoms with Crippen LogP contribution in [0.2, 0.25) is 0 Å². The molecule has 0 unspecified atom stereocenters. The summed E-state index contributed by atoms with van der Waals surface area (Å²) in [6.45, 7) is 0.438. The number of rotatable bonds is 14. The van der Waals surface area contributed by atoms with Crippen molar-refractivity contribution in [1.82, 2.24) is 10.6 Å². The first kappa shape index (κ1) is 24.3. The van der Waals surface area contributed by atoms with Crippen molar-refractivity contribution in [2.75, 3.05) is 6.54 Å². The van der Waals surface area contributed by atoms with Crippen LogP contribution in [0.3, 0.4) is 0 Å². The summed E-state index contributed by atoms with van der Waals surface area (Å²) < 4.78 is 0. The van der Waals surface area contributed by atoms with Crippen molar-refractivity contribution in [2.24, 2.45) is 17.2 Å². The maximum atomic E-state index is 12.3. The second-order valence-corrected chi connectivity index (χ2v) is 5.95. The van der Waals surface area contributed by atoms with Crippen LogP contribution in [0.1, 0.15) is 38.5 Å². The van der Waals surface area contributed by atoms with Gasteiger partial charge >= 0.3 is 11.9 Å². The monoisotopic (exact) mass is 389 g/mol. The summed E-state index contributed by atoms with van der Waals surface area (Å²) in [5.41, 5.74) is 16.1. The van der Waals surface area contributed by atoms with Gasteiger partial charge in [0.15, 0.2) is 0 Å². The van der Waals surface area contributed by atoms with Crippen LogP contribution >= 0.6 is 0 Å². The predicted molar refractivity (Wildman–Crippen MR) is 93.1 cm³/mol. The van der Waals surface area contributed by atoms with Crippen molar-refractivity contribution in [1.29, 1.82) is 0 Å². The van der Waals surface area contributed by atoms with E-state index in [1.54, 1.807) is 0 Å². The fourth-order valence-electron chi connectivity index (χ4n) is 2.13. The minimum Gasteiger partial charge on any atom is -0.481 e. The van der Waals surface area contributed by atoms with Gasteiger partial charge in [-0.25, -0.2) is 4.79 Å². The van der Waals surface area contributed by atoms with E-state index in [0.717, 1.165) is 0 Å². The average molecular weight is 389 g/mol. The molecule has 27 heavy (non-hydrogen) atoms. The lowest BCUT2D eigenvalue weighted by Gasteiger charge is -2.22. The van der Waals surface area contributed by atoms with Crippen molar-refractivity contribution in [3.8, 4) is 0 Å². The number of carboxylic acid groups (broad SMARTS) is 2. The zero-order valence-electron chi connectivity index (χ0n) is 14.8. The van der Waals surface area contributed by atoms with Gasteiger partial charge in [-0.2, -0.15) is 0 Å². The molecule has 10 N–H and O–H groups in total. The van der Waals surface area contributed by atoms with Gasteiger partial charge in [-0.15, -0.1) is 0 Å². The third kappa shape index (κ3) is 10.8. The van der Waals surface area contributed by atoms with E-state index in [1.165, 1.54) is 0 Å². The Kier molecular flexibility index (Phi) is 11.3. The van der Waals surface area contributed by atoms with Gasteiger partial charge < -0.3 is 38.0 Å². The van der Waals surface area contributed by atoms with E-state index in [4.69, 9.17) is 27.4 Å². The molecule has 0 aliphatic rings. The van der Waals surface area contributed by atoms with Crippen molar-refractivity contribution < 1.29 is 34.2 Å². The summed E-state index contributed by atoms with van der Waals surface area (Å²) in [6.07, 6.45) is 0.134. The normalized spacial score (nSPS) is 13.9. The molecular weight excluding hydrogens is 362 g/mol. The highest BCUT2D eigenvalue weighted by molar-refractivity contribution is 5.94. The number of hydrogen-bond donors (Lipinski definition) is 7. The lowest BCUT2D eigenvalue weighted by Crippen LogP contribution is -2.55. The molecule has 154 valence electrons. The number of carbonyl (C=O) groups excluding carboxylic acids is 3. The number of nitrogens with two attached hydrogens (primary N) is 3. The zero-order valence-corrected chi connectivity index (χ0v) is 14.8. The van der Waals surface area contributed by atoms with E-state index in [1.807, 2.05) is 0 Å². The van der Waals surface area contributed by atoms with Crippen LogP contribution in [0.5, 0.6) is 0 Å². The summed E-state index contributed by atoms with van der Waals surface area (Å²) in [4.78, 5) is 57.2. The molecule has 12 heteroatoms. The van der Waals surface area contributed by atoms with Gasteiger partial charge in [-0.3, -0.25) is 19.2 Å². The van der Waals surface area contributed by atoms with Crippen LogP contribution < -0.4 is 27.8 Å². The highest BCUT2D eigenvalue weighted by Gasteiger charge is 2.29. The van der Waals surface area contributed by atoms with Gasteiger partial charge in [-0.1, -0.05) is 6.42 Å². The van der Waals surface area contributed by atoms with Crippen LogP contribution in [-0.4, -0.2) is 64.5 Å². The highest BCUT2D eigenvalue weighted by Crippen LogP contribution is 2.03. The molecule has 0 radical (unpaired) electrons. The van der Waals surface area contributed by atoms with Crippen LogP contribution in [0.4, 0.5) is 0 Å². The fourth-order valence-corrected chi connectivity index (χ4v) is 2.13. The molecule has 0 aromatic carbocycles. The molecule has 0 fully saturated rings. The lowest BCUT2D eigenvalue weighted by molar-refractivity contribution is -0.143. The van der Waals surface area contributed by atoms with Gasteiger partial charge in [-0.05, 0) is 25.8 Å². The maximum Gasteiger partial charge on any atom is 0.326 e. The van der Waals surface area contributed by atoms with Gasteiger partial charge in [0.05, 0.1) is 12.5 Å². The third-order valence-electron chi connectivity index (χ3n) is 3.61. The number of carboxylic acids is 2. The molecule has 3 atom stereocenters.